The summed E-state index contributed by atoms with van der Waals surface area (Å²) in [5.41, 5.74) is 6.01. The molecular weight excluding hydrogens is 277 g/mol. The van der Waals surface area contributed by atoms with Gasteiger partial charge in [0.15, 0.2) is 0 Å². The van der Waals surface area contributed by atoms with E-state index in [1.807, 2.05) is 0 Å². The number of thiophene rings is 1. The summed E-state index contributed by atoms with van der Waals surface area (Å²) in [4.78, 5) is 4.14. The smallest absolute Gasteiger partial charge is 0.272 e. The molecule has 0 saturated heterocycles. The highest BCUT2D eigenvalue weighted by Gasteiger charge is 2.18. The molecule has 0 radical (unpaired) electrons. The van der Waals surface area contributed by atoms with Crippen molar-refractivity contribution in [2.24, 2.45) is 0 Å². The zero-order valence-electron chi connectivity index (χ0n) is 9.34. The first-order valence-electron chi connectivity index (χ1n) is 4.90. The number of sulfonamides is 1. The number of nitrogens with zero attached hydrogens (tertiary/aromatic N) is 1. The lowest BCUT2D eigenvalue weighted by atomic mass is 10.4. The van der Waals surface area contributed by atoms with Crippen LogP contribution in [-0.4, -0.2) is 13.4 Å². The molecule has 0 fully saturated rings. The number of halogens is 1. The predicted octanol–water partition coefficient (Wildman–Crippen LogP) is 1.97. The first-order chi connectivity index (χ1) is 8.38. The van der Waals surface area contributed by atoms with Gasteiger partial charge >= 0.3 is 0 Å². The Labute approximate surface area is 108 Å². The van der Waals surface area contributed by atoms with Crippen molar-refractivity contribution in [2.45, 2.75) is 11.1 Å². The minimum absolute atomic E-state index is 0.0698. The number of nitrogen functional groups attached to an aromatic ring is 1. The number of nitrogens with two attached hydrogens (primary N) is 1. The van der Waals surface area contributed by atoms with Crippen molar-refractivity contribution >= 4 is 32.9 Å². The van der Waals surface area contributed by atoms with Crippen molar-refractivity contribution in [3.63, 3.8) is 0 Å². The molecule has 18 heavy (non-hydrogen) atoms. The Balaban J connectivity index is 2.33. The summed E-state index contributed by atoms with van der Waals surface area (Å²) in [5, 5.41) is 0. The van der Waals surface area contributed by atoms with Crippen LogP contribution < -0.4 is 10.5 Å². The Kier molecular flexibility index (Phi) is 3.22. The van der Waals surface area contributed by atoms with Gasteiger partial charge in [-0.3, -0.25) is 4.72 Å². The van der Waals surface area contributed by atoms with E-state index < -0.39 is 16.0 Å². The number of aryl methyl sites for hydroxylation is 1. The quantitative estimate of drug-likeness (QED) is 0.845. The molecule has 0 amide bonds. The number of hydrogen-bond donors (Lipinski definition) is 2. The van der Waals surface area contributed by atoms with Crippen molar-refractivity contribution in [1.29, 1.82) is 0 Å². The molecule has 0 aliphatic carbocycles. The van der Waals surface area contributed by atoms with Crippen molar-refractivity contribution in [3.8, 4) is 0 Å². The molecule has 0 unspecified atom stereocenters. The van der Waals surface area contributed by atoms with Crippen LogP contribution in [0.3, 0.4) is 0 Å². The SMILES string of the molecule is Cc1sc(S(=O)(=O)Nc2cccc(F)n2)cc1N. The number of anilines is 2. The van der Waals surface area contributed by atoms with Crippen LogP contribution in [0.5, 0.6) is 0 Å². The van der Waals surface area contributed by atoms with E-state index in [1.54, 1.807) is 6.92 Å². The molecule has 2 rings (SSSR count). The fraction of sp³-hybridized carbons (Fsp3) is 0.100. The Hall–Kier alpha value is -1.67. The highest BCUT2D eigenvalue weighted by molar-refractivity contribution is 7.94. The molecule has 0 aliphatic rings. The van der Waals surface area contributed by atoms with Crippen LogP contribution in [0.25, 0.3) is 0 Å². The van der Waals surface area contributed by atoms with Gasteiger partial charge < -0.3 is 5.73 Å². The fourth-order valence-electron chi connectivity index (χ4n) is 1.25. The van der Waals surface area contributed by atoms with Gasteiger partial charge in [0.2, 0.25) is 5.95 Å². The number of nitrogens with one attached hydrogen (secondary N) is 1. The minimum atomic E-state index is -3.77. The molecule has 2 aromatic heterocycles. The van der Waals surface area contributed by atoms with E-state index in [0.717, 1.165) is 17.4 Å². The van der Waals surface area contributed by atoms with Gasteiger partial charge in [-0.25, -0.2) is 13.4 Å². The Morgan fingerprint density at radius 3 is 2.72 bits per heavy atom. The largest absolute Gasteiger partial charge is 0.398 e. The van der Waals surface area contributed by atoms with Gasteiger partial charge in [0.05, 0.1) is 0 Å². The van der Waals surface area contributed by atoms with E-state index >= 15 is 0 Å². The van der Waals surface area contributed by atoms with Gasteiger partial charge in [-0.15, -0.1) is 11.3 Å². The van der Waals surface area contributed by atoms with Crippen LogP contribution in [0.1, 0.15) is 4.88 Å². The second-order valence-electron chi connectivity index (χ2n) is 3.53. The maximum atomic E-state index is 12.8. The lowest BCUT2D eigenvalue weighted by Gasteiger charge is -2.04. The summed E-state index contributed by atoms with van der Waals surface area (Å²) in [6.07, 6.45) is 0. The number of aromatic nitrogens is 1. The van der Waals surface area contributed by atoms with Crippen LogP contribution in [-0.2, 0) is 10.0 Å². The first-order valence-corrected chi connectivity index (χ1v) is 7.20. The summed E-state index contributed by atoms with van der Waals surface area (Å²) in [5.74, 6) is -0.823. The van der Waals surface area contributed by atoms with Gasteiger partial charge in [0.25, 0.3) is 10.0 Å². The third-order valence-electron chi connectivity index (χ3n) is 2.15. The van der Waals surface area contributed by atoms with Crippen LogP contribution in [0, 0.1) is 12.9 Å². The Morgan fingerprint density at radius 1 is 1.44 bits per heavy atom. The topological polar surface area (TPSA) is 85.1 Å². The summed E-state index contributed by atoms with van der Waals surface area (Å²) >= 11 is 1.05. The van der Waals surface area contributed by atoms with Crippen molar-refractivity contribution in [2.75, 3.05) is 10.5 Å². The number of pyridine rings is 1. The average Bonchev–Trinajstić information content (AvgIpc) is 2.59. The average molecular weight is 287 g/mol. The van der Waals surface area contributed by atoms with E-state index in [0.29, 0.717) is 10.6 Å². The zero-order chi connectivity index (χ0) is 13.3. The monoisotopic (exact) mass is 287 g/mol. The van der Waals surface area contributed by atoms with E-state index in [9.17, 15) is 12.8 Å². The van der Waals surface area contributed by atoms with E-state index in [-0.39, 0.29) is 10.0 Å². The Morgan fingerprint density at radius 2 is 2.17 bits per heavy atom. The fourth-order valence-corrected chi connectivity index (χ4v) is 3.63. The number of hydrogen-bond acceptors (Lipinski definition) is 5. The molecule has 0 aromatic carbocycles. The standard InChI is InChI=1S/C10H10FN3O2S2/c1-6-7(12)5-10(17-6)18(15,16)14-9-4-2-3-8(11)13-9/h2-5H,12H2,1H3,(H,13,14). The maximum absolute atomic E-state index is 12.8. The van der Waals surface area contributed by atoms with Gasteiger partial charge in [-0.05, 0) is 25.1 Å². The van der Waals surface area contributed by atoms with Gasteiger partial charge in [0, 0.05) is 10.6 Å². The van der Waals surface area contributed by atoms with E-state index in [4.69, 9.17) is 5.73 Å². The van der Waals surface area contributed by atoms with Crippen LogP contribution in [0.15, 0.2) is 28.5 Å². The molecular formula is C10H10FN3O2S2. The molecule has 2 heterocycles. The van der Waals surface area contributed by atoms with Crippen LogP contribution >= 0.6 is 11.3 Å². The summed E-state index contributed by atoms with van der Waals surface area (Å²) in [7, 11) is -3.77. The normalized spacial score (nSPS) is 11.4. The van der Waals surface area contributed by atoms with Gasteiger partial charge in [0.1, 0.15) is 10.0 Å². The van der Waals surface area contributed by atoms with Crippen LogP contribution in [0.4, 0.5) is 15.9 Å². The molecule has 96 valence electrons. The zero-order valence-corrected chi connectivity index (χ0v) is 11.0. The van der Waals surface area contributed by atoms with E-state index in [1.165, 1.54) is 18.2 Å². The summed E-state index contributed by atoms with van der Waals surface area (Å²) < 4.78 is 39.0. The van der Waals surface area contributed by atoms with Crippen molar-refractivity contribution in [3.05, 3.63) is 35.1 Å². The molecule has 3 N–H and O–H groups in total. The molecule has 8 heteroatoms. The van der Waals surface area contributed by atoms with E-state index in [2.05, 4.69) is 9.71 Å². The summed E-state index contributed by atoms with van der Waals surface area (Å²) in [6, 6.07) is 5.23. The number of rotatable bonds is 3. The Bertz CT molecular complexity index is 663. The first kappa shape index (κ1) is 12.8. The summed E-state index contributed by atoms with van der Waals surface area (Å²) in [6.45, 7) is 1.72. The molecule has 0 aliphatic heterocycles. The van der Waals surface area contributed by atoms with Crippen molar-refractivity contribution in [1.82, 2.24) is 4.98 Å². The molecule has 5 nitrogen and oxygen atoms in total. The van der Waals surface area contributed by atoms with Gasteiger partial charge in [-0.2, -0.15) is 4.39 Å². The minimum Gasteiger partial charge on any atom is -0.398 e. The molecule has 0 spiro atoms. The third-order valence-corrected chi connectivity index (χ3v) is 5.05. The lowest BCUT2D eigenvalue weighted by Crippen LogP contribution is -2.12. The third kappa shape index (κ3) is 2.59. The molecule has 0 saturated carbocycles. The lowest BCUT2D eigenvalue weighted by molar-refractivity contribution is 0.585. The second kappa shape index (κ2) is 4.54. The van der Waals surface area contributed by atoms with Gasteiger partial charge in [-0.1, -0.05) is 6.07 Å². The molecule has 0 atom stereocenters. The predicted molar refractivity (Wildman–Crippen MR) is 68.5 cm³/mol. The molecule has 0 bridgehead atoms. The second-order valence-corrected chi connectivity index (χ2v) is 6.69. The highest BCUT2D eigenvalue weighted by atomic mass is 32.2. The maximum Gasteiger partial charge on any atom is 0.272 e. The molecule has 2 aromatic rings. The van der Waals surface area contributed by atoms with Crippen LogP contribution in [0.2, 0.25) is 0 Å². The highest BCUT2D eigenvalue weighted by Crippen LogP contribution is 2.28. The van der Waals surface area contributed by atoms with Crippen molar-refractivity contribution < 1.29 is 12.8 Å².